The number of allylic oxidation sites excluding steroid dienone is 5. The molecule has 324 valence electrons. The van der Waals surface area contributed by atoms with Gasteiger partial charge < -0.3 is 20.6 Å². The first-order valence-electron chi connectivity index (χ1n) is 24.3. The van der Waals surface area contributed by atoms with Crippen molar-refractivity contribution in [1.29, 1.82) is 0 Å². The quantitative estimate of drug-likeness (QED) is 0.0367. The Hall–Kier alpha value is -1.43. The molecule has 0 heterocycles. The summed E-state index contributed by atoms with van der Waals surface area (Å²) in [5.41, 5.74) is 0. The van der Waals surface area contributed by atoms with E-state index in [1.807, 2.05) is 6.08 Å². The average molecular weight is 774 g/mol. The van der Waals surface area contributed by atoms with Crippen molar-refractivity contribution in [3.63, 3.8) is 0 Å². The number of hydrogen-bond donors (Lipinski definition) is 4. The number of carbonyl (C=O) groups is 1. The van der Waals surface area contributed by atoms with Crippen LogP contribution in [0.4, 0.5) is 0 Å². The van der Waals surface area contributed by atoms with E-state index in [9.17, 15) is 20.1 Å². The number of nitrogens with one attached hydrogen (secondary N) is 1. The zero-order chi connectivity index (χ0) is 40.1. The monoisotopic (exact) mass is 774 g/mol. The molecule has 0 saturated heterocycles. The van der Waals surface area contributed by atoms with Gasteiger partial charge in [-0.2, -0.15) is 0 Å². The van der Waals surface area contributed by atoms with Crippen LogP contribution in [0.3, 0.4) is 0 Å². The second-order valence-electron chi connectivity index (χ2n) is 16.7. The van der Waals surface area contributed by atoms with E-state index in [4.69, 9.17) is 0 Å². The maximum Gasteiger partial charge on any atom is 0.222 e. The normalized spacial score (nSPS) is 13.8. The molecule has 0 radical (unpaired) electrons. The van der Waals surface area contributed by atoms with Gasteiger partial charge in [0.2, 0.25) is 5.91 Å². The number of aliphatic hydroxyl groups is 3. The molecule has 0 rings (SSSR count). The van der Waals surface area contributed by atoms with Crippen LogP contribution in [-0.2, 0) is 4.79 Å². The van der Waals surface area contributed by atoms with Crippen molar-refractivity contribution < 1.29 is 20.1 Å². The molecule has 1 amide bonds. The molecule has 0 bridgehead atoms. The fraction of sp³-hybridized carbons (Fsp3) is 0.860. The summed E-state index contributed by atoms with van der Waals surface area (Å²) in [5.74, 6) is -0.317. The van der Waals surface area contributed by atoms with Crippen LogP contribution in [0.15, 0.2) is 36.5 Å². The van der Waals surface area contributed by atoms with Crippen LogP contribution in [0.5, 0.6) is 0 Å². The number of hydrogen-bond acceptors (Lipinski definition) is 4. The lowest BCUT2D eigenvalue weighted by molar-refractivity contribution is -0.124. The van der Waals surface area contributed by atoms with E-state index in [0.717, 1.165) is 32.1 Å². The van der Waals surface area contributed by atoms with Crippen molar-refractivity contribution in [2.24, 2.45) is 0 Å². The van der Waals surface area contributed by atoms with E-state index in [1.54, 1.807) is 6.08 Å². The van der Waals surface area contributed by atoms with Crippen LogP contribution in [0.1, 0.15) is 251 Å². The summed E-state index contributed by atoms with van der Waals surface area (Å²) < 4.78 is 0. The number of aliphatic hydroxyl groups excluding tert-OH is 3. The second-order valence-corrected chi connectivity index (χ2v) is 16.7. The largest absolute Gasteiger partial charge is 0.394 e. The van der Waals surface area contributed by atoms with Crippen molar-refractivity contribution in [2.45, 2.75) is 270 Å². The molecule has 3 unspecified atom stereocenters. The van der Waals surface area contributed by atoms with Gasteiger partial charge >= 0.3 is 0 Å². The number of unbranched alkanes of at least 4 members (excludes halogenated alkanes) is 31. The molecule has 5 nitrogen and oxygen atoms in total. The summed E-state index contributed by atoms with van der Waals surface area (Å²) in [7, 11) is 0. The Kier molecular flexibility index (Phi) is 44.1. The molecule has 0 aliphatic carbocycles. The molecule has 0 aromatic heterocycles. The molecule has 3 atom stereocenters. The van der Waals surface area contributed by atoms with Crippen molar-refractivity contribution in [1.82, 2.24) is 5.32 Å². The van der Waals surface area contributed by atoms with Crippen LogP contribution in [0.25, 0.3) is 0 Å². The van der Waals surface area contributed by atoms with Crippen LogP contribution in [0, 0.1) is 0 Å². The predicted molar refractivity (Wildman–Crippen MR) is 241 cm³/mol. The van der Waals surface area contributed by atoms with Gasteiger partial charge in [-0.05, 0) is 51.4 Å². The fourth-order valence-corrected chi connectivity index (χ4v) is 7.43. The minimum atomic E-state index is -0.925. The minimum absolute atomic E-state index is 0.0142. The average Bonchev–Trinajstić information content (AvgIpc) is 3.18. The first-order valence-corrected chi connectivity index (χ1v) is 24.3. The van der Waals surface area contributed by atoms with Crippen LogP contribution in [0.2, 0.25) is 0 Å². The van der Waals surface area contributed by atoms with Crippen LogP contribution >= 0.6 is 0 Å². The maximum absolute atomic E-state index is 12.4. The van der Waals surface area contributed by atoms with E-state index in [0.29, 0.717) is 6.42 Å². The Morgan fingerprint density at radius 2 is 0.818 bits per heavy atom. The highest BCUT2D eigenvalue weighted by Gasteiger charge is 2.20. The lowest BCUT2D eigenvalue weighted by Crippen LogP contribution is -2.45. The van der Waals surface area contributed by atoms with E-state index >= 15 is 0 Å². The molecule has 4 N–H and O–H groups in total. The highest BCUT2D eigenvalue weighted by molar-refractivity contribution is 5.76. The van der Waals surface area contributed by atoms with Gasteiger partial charge in [0.05, 0.1) is 31.3 Å². The summed E-state index contributed by atoms with van der Waals surface area (Å²) in [6.45, 7) is 4.19. The van der Waals surface area contributed by atoms with Crippen molar-refractivity contribution >= 4 is 5.91 Å². The van der Waals surface area contributed by atoms with Crippen LogP contribution < -0.4 is 5.32 Å². The van der Waals surface area contributed by atoms with E-state index in [2.05, 4.69) is 43.5 Å². The topological polar surface area (TPSA) is 89.8 Å². The van der Waals surface area contributed by atoms with Crippen molar-refractivity contribution in [3.8, 4) is 0 Å². The standard InChI is InChI=1S/C50H95NO4/c1-3-5-7-9-11-13-14-15-16-17-18-19-20-21-22-23-24-25-26-27-28-29-30-31-32-33-34-36-37-39-41-43-47(53)45-50(55)51-48(46-52)49(54)44-42-40-38-35-12-10-8-6-4-2/h18-19,21-22,42,44,47-49,52-54H,3-17,20,23-41,43,45-46H2,1-2H3,(H,51,55)/b19-18-,22-21-,44-42+. The Bertz CT molecular complexity index is 855. The SMILES string of the molecule is CCCCCCCCC/C=C/C(O)C(CO)NC(=O)CC(O)CCCCCCCCCCCCCCCCC/C=C\C/C=C\CCCCCCCCCCC. The number of amides is 1. The van der Waals surface area contributed by atoms with Gasteiger partial charge in [-0.15, -0.1) is 0 Å². The van der Waals surface area contributed by atoms with Crippen molar-refractivity contribution in [2.75, 3.05) is 6.61 Å². The Labute approximate surface area is 343 Å². The molecule has 55 heavy (non-hydrogen) atoms. The summed E-state index contributed by atoms with van der Waals surface area (Å²) in [6.07, 6.45) is 57.5. The van der Waals surface area contributed by atoms with Gasteiger partial charge in [0.1, 0.15) is 0 Å². The van der Waals surface area contributed by atoms with E-state index < -0.39 is 18.2 Å². The minimum Gasteiger partial charge on any atom is -0.394 e. The lowest BCUT2D eigenvalue weighted by atomic mass is 10.0. The molecule has 0 aliphatic rings. The molecule has 0 spiro atoms. The fourth-order valence-electron chi connectivity index (χ4n) is 7.43. The first-order chi connectivity index (χ1) is 27.0. The molecular formula is C50H95NO4. The molecule has 0 aromatic rings. The Morgan fingerprint density at radius 1 is 0.473 bits per heavy atom. The van der Waals surface area contributed by atoms with Gasteiger partial charge in [-0.25, -0.2) is 0 Å². The highest BCUT2D eigenvalue weighted by Crippen LogP contribution is 2.16. The predicted octanol–water partition coefficient (Wildman–Crippen LogP) is 14.3. The first kappa shape index (κ1) is 53.6. The van der Waals surface area contributed by atoms with Gasteiger partial charge in [0, 0.05) is 0 Å². The summed E-state index contributed by atoms with van der Waals surface area (Å²) in [6, 6.07) is -0.741. The van der Waals surface area contributed by atoms with E-state index in [1.165, 1.54) is 193 Å². The summed E-state index contributed by atoms with van der Waals surface area (Å²) in [5, 5.41) is 33.1. The Morgan fingerprint density at radius 3 is 1.20 bits per heavy atom. The third-order valence-corrected chi connectivity index (χ3v) is 11.2. The summed E-state index contributed by atoms with van der Waals surface area (Å²) in [4.78, 5) is 12.4. The number of rotatable bonds is 44. The molecule has 0 saturated carbocycles. The van der Waals surface area contributed by atoms with Crippen LogP contribution in [-0.4, -0.2) is 46.1 Å². The molecule has 0 aromatic carbocycles. The van der Waals surface area contributed by atoms with E-state index in [-0.39, 0.29) is 18.9 Å². The molecule has 0 fully saturated rings. The number of carbonyl (C=O) groups excluding carboxylic acids is 1. The van der Waals surface area contributed by atoms with Gasteiger partial charge in [-0.3, -0.25) is 4.79 Å². The highest BCUT2D eigenvalue weighted by atomic mass is 16.3. The zero-order valence-electron chi connectivity index (χ0n) is 36.8. The third-order valence-electron chi connectivity index (χ3n) is 11.2. The second kappa shape index (κ2) is 45.3. The Balaban J connectivity index is 3.50. The lowest BCUT2D eigenvalue weighted by Gasteiger charge is -2.21. The summed E-state index contributed by atoms with van der Waals surface area (Å²) >= 11 is 0. The van der Waals surface area contributed by atoms with Gasteiger partial charge in [0.25, 0.3) is 0 Å². The third kappa shape index (κ3) is 42.0. The molecular weight excluding hydrogens is 679 g/mol. The maximum atomic E-state index is 12.4. The molecule has 0 aliphatic heterocycles. The zero-order valence-corrected chi connectivity index (χ0v) is 36.8. The van der Waals surface area contributed by atoms with Gasteiger partial charge in [-0.1, -0.05) is 230 Å². The smallest absolute Gasteiger partial charge is 0.222 e. The van der Waals surface area contributed by atoms with Crippen molar-refractivity contribution in [3.05, 3.63) is 36.5 Å². The molecule has 5 heteroatoms. The van der Waals surface area contributed by atoms with Gasteiger partial charge in [0.15, 0.2) is 0 Å².